The molecule has 0 radical (unpaired) electrons. The zero-order valence-corrected chi connectivity index (χ0v) is 15.2. The van der Waals surface area contributed by atoms with Crippen molar-refractivity contribution in [2.45, 2.75) is 38.8 Å². The van der Waals surface area contributed by atoms with Crippen LogP contribution in [-0.4, -0.2) is 48.9 Å². The first-order valence-corrected chi connectivity index (χ1v) is 9.52. The molecule has 3 rings (SSSR count). The van der Waals surface area contributed by atoms with Crippen LogP contribution in [-0.2, 0) is 6.54 Å². The molecule has 2 N–H and O–H groups in total. The van der Waals surface area contributed by atoms with E-state index in [2.05, 4.69) is 53.5 Å². The van der Waals surface area contributed by atoms with Gasteiger partial charge in [-0.25, -0.2) is 0 Å². The summed E-state index contributed by atoms with van der Waals surface area (Å²) in [5.41, 5.74) is 1.25. The Balaban J connectivity index is 1.61. The third-order valence-electron chi connectivity index (χ3n) is 4.92. The molecule has 4 nitrogen and oxygen atoms in total. The summed E-state index contributed by atoms with van der Waals surface area (Å²) in [6, 6.07) is 12.7. The molecule has 0 unspecified atom stereocenters. The summed E-state index contributed by atoms with van der Waals surface area (Å²) in [4.78, 5) is 2.43. The number of rotatable bonds is 8. The fourth-order valence-electron chi connectivity index (χ4n) is 3.44. The second kappa shape index (κ2) is 9.18. The lowest BCUT2D eigenvalue weighted by atomic mass is 10.0. The van der Waals surface area contributed by atoms with Crippen molar-refractivity contribution in [3.05, 3.63) is 42.0 Å². The highest BCUT2D eigenvalue weighted by Gasteiger charge is 2.16. The fourth-order valence-corrected chi connectivity index (χ4v) is 3.44. The van der Waals surface area contributed by atoms with Crippen LogP contribution in [0, 0.1) is 0 Å². The predicted molar refractivity (Wildman–Crippen MR) is 103 cm³/mol. The van der Waals surface area contributed by atoms with E-state index in [9.17, 15) is 5.11 Å². The van der Waals surface area contributed by atoms with Gasteiger partial charge in [-0.3, -0.25) is 0 Å². The minimum atomic E-state index is -0.0989. The molecule has 0 spiro atoms. The predicted octanol–water partition coefficient (Wildman–Crippen LogP) is 3.17. The summed E-state index contributed by atoms with van der Waals surface area (Å²) < 4.78 is 5.98. The van der Waals surface area contributed by atoms with Gasteiger partial charge >= 0.3 is 0 Å². The molecule has 1 fully saturated rings. The van der Waals surface area contributed by atoms with Gasteiger partial charge in [0.15, 0.2) is 0 Å². The van der Waals surface area contributed by atoms with Gasteiger partial charge in [0.1, 0.15) is 5.75 Å². The molecule has 0 bridgehead atoms. The van der Waals surface area contributed by atoms with E-state index in [1.54, 1.807) is 0 Å². The number of ether oxygens (including phenoxy) is 1. The molecule has 2 aromatic rings. The highest BCUT2D eigenvalue weighted by molar-refractivity contribution is 5.87. The number of likely N-dealkylation sites (tertiary alicyclic amines) is 1. The Kier molecular flexibility index (Phi) is 6.68. The number of fused-ring (bicyclic) bond motifs is 1. The molecule has 1 saturated heterocycles. The summed E-state index contributed by atoms with van der Waals surface area (Å²) in [6.07, 6.45) is 2.72. The van der Waals surface area contributed by atoms with Crippen molar-refractivity contribution in [2.75, 3.05) is 32.8 Å². The standard InChI is InChI=1S/C21H30N2O2/c1-2-15-25-21-8-7-17-5-3-4-6-19(17)20(21)16-22-11-14-23-12-9-18(24)10-13-23/h3-8,18,22,24H,2,9-16H2,1H3. The van der Waals surface area contributed by atoms with Crippen molar-refractivity contribution in [1.29, 1.82) is 0 Å². The molecule has 1 heterocycles. The van der Waals surface area contributed by atoms with E-state index in [0.717, 1.165) is 64.3 Å². The maximum absolute atomic E-state index is 9.59. The minimum Gasteiger partial charge on any atom is -0.493 e. The molecular weight excluding hydrogens is 312 g/mol. The van der Waals surface area contributed by atoms with E-state index < -0.39 is 0 Å². The van der Waals surface area contributed by atoms with E-state index >= 15 is 0 Å². The molecule has 25 heavy (non-hydrogen) atoms. The summed E-state index contributed by atoms with van der Waals surface area (Å²) in [5, 5.41) is 15.7. The first-order chi connectivity index (χ1) is 12.3. The zero-order valence-electron chi connectivity index (χ0n) is 15.2. The lowest BCUT2D eigenvalue weighted by Gasteiger charge is -2.29. The summed E-state index contributed by atoms with van der Waals surface area (Å²) in [7, 11) is 0. The average molecular weight is 342 g/mol. The largest absolute Gasteiger partial charge is 0.493 e. The summed E-state index contributed by atoms with van der Waals surface area (Å²) in [6.45, 7) is 7.69. The highest BCUT2D eigenvalue weighted by atomic mass is 16.5. The Morgan fingerprint density at radius 3 is 2.76 bits per heavy atom. The fraction of sp³-hybridized carbons (Fsp3) is 0.524. The average Bonchev–Trinajstić information content (AvgIpc) is 2.65. The van der Waals surface area contributed by atoms with E-state index in [1.165, 1.54) is 16.3 Å². The molecule has 0 aromatic heterocycles. The molecule has 1 aliphatic rings. The van der Waals surface area contributed by atoms with Crippen molar-refractivity contribution < 1.29 is 9.84 Å². The van der Waals surface area contributed by atoms with Gasteiger partial charge in [-0.1, -0.05) is 37.3 Å². The second-order valence-corrected chi connectivity index (χ2v) is 6.86. The number of nitrogens with zero attached hydrogens (tertiary/aromatic N) is 1. The molecule has 4 heteroatoms. The number of piperidine rings is 1. The van der Waals surface area contributed by atoms with E-state index in [-0.39, 0.29) is 6.10 Å². The smallest absolute Gasteiger partial charge is 0.124 e. The van der Waals surface area contributed by atoms with Crippen molar-refractivity contribution in [2.24, 2.45) is 0 Å². The maximum atomic E-state index is 9.59. The summed E-state index contributed by atoms with van der Waals surface area (Å²) in [5.74, 6) is 0.995. The maximum Gasteiger partial charge on any atom is 0.124 e. The lowest BCUT2D eigenvalue weighted by molar-refractivity contribution is 0.0830. The second-order valence-electron chi connectivity index (χ2n) is 6.86. The minimum absolute atomic E-state index is 0.0989. The topological polar surface area (TPSA) is 44.7 Å². The first kappa shape index (κ1) is 18.2. The third kappa shape index (κ3) is 4.94. The molecular formula is C21H30N2O2. The number of hydrogen-bond donors (Lipinski definition) is 2. The first-order valence-electron chi connectivity index (χ1n) is 9.52. The molecule has 0 atom stereocenters. The van der Waals surface area contributed by atoms with Crippen molar-refractivity contribution >= 4 is 10.8 Å². The number of nitrogens with one attached hydrogen (secondary N) is 1. The van der Waals surface area contributed by atoms with E-state index in [0.29, 0.717) is 0 Å². The molecule has 1 aliphatic heterocycles. The number of hydrogen-bond acceptors (Lipinski definition) is 4. The Morgan fingerprint density at radius 1 is 1.16 bits per heavy atom. The van der Waals surface area contributed by atoms with Crippen LogP contribution < -0.4 is 10.1 Å². The molecule has 0 amide bonds. The Labute approximate surface area is 150 Å². The normalized spacial score (nSPS) is 16.4. The number of aliphatic hydroxyl groups excluding tert-OH is 1. The molecule has 136 valence electrons. The monoisotopic (exact) mass is 342 g/mol. The van der Waals surface area contributed by atoms with Gasteiger partial charge in [0.25, 0.3) is 0 Å². The Hall–Kier alpha value is -1.62. The van der Waals surface area contributed by atoms with Crippen LogP contribution in [0.4, 0.5) is 0 Å². The van der Waals surface area contributed by atoms with Crippen LogP contribution in [0.1, 0.15) is 31.7 Å². The lowest BCUT2D eigenvalue weighted by Crippen LogP contribution is -2.39. The quantitative estimate of drug-likeness (QED) is 0.723. The summed E-state index contributed by atoms with van der Waals surface area (Å²) >= 11 is 0. The Morgan fingerprint density at radius 2 is 1.96 bits per heavy atom. The van der Waals surface area contributed by atoms with E-state index in [1.807, 2.05) is 0 Å². The van der Waals surface area contributed by atoms with Crippen molar-refractivity contribution in [1.82, 2.24) is 10.2 Å². The Bertz CT molecular complexity index is 666. The molecule has 0 aliphatic carbocycles. The van der Waals surface area contributed by atoms with Crippen LogP contribution in [0.2, 0.25) is 0 Å². The SMILES string of the molecule is CCCOc1ccc2ccccc2c1CNCCN1CCC(O)CC1. The molecule has 2 aromatic carbocycles. The zero-order chi connectivity index (χ0) is 17.5. The number of benzene rings is 2. The van der Waals surface area contributed by atoms with Crippen LogP contribution in [0.15, 0.2) is 36.4 Å². The molecule has 0 saturated carbocycles. The third-order valence-corrected chi connectivity index (χ3v) is 4.92. The van der Waals surface area contributed by atoms with Crippen LogP contribution >= 0.6 is 0 Å². The van der Waals surface area contributed by atoms with Gasteiger partial charge in [0.2, 0.25) is 0 Å². The van der Waals surface area contributed by atoms with Gasteiger partial charge in [0.05, 0.1) is 12.7 Å². The van der Waals surface area contributed by atoms with Gasteiger partial charge in [-0.2, -0.15) is 0 Å². The van der Waals surface area contributed by atoms with Gasteiger partial charge in [0, 0.05) is 38.3 Å². The van der Waals surface area contributed by atoms with E-state index in [4.69, 9.17) is 4.74 Å². The number of aliphatic hydroxyl groups is 1. The van der Waals surface area contributed by atoms with Gasteiger partial charge < -0.3 is 20.1 Å². The van der Waals surface area contributed by atoms with Crippen LogP contribution in [0.3, 0.4) is 0 Å². The highest BCUT2D eigenvalue weighted by Crippen LogP contribution is 2.28. The van der Waals surface area contributed by atoms with Gasteiger partial charge in [-0.05, 0) is 36.1 Å². The van der Waals surface area contributed by atoms with Gasteiger partial charge in [-0.15, -0.1) is 0 Å². The van der Waals surface area contributed by atoms with Crippen LogP contribution in [0.25, 0.3) is 10.8 Å². The van der Waals surface area contributed by atoms with Crippen LogP contribution in [0.5, 0.6) is 5.75 Å². The van der Waals surface area contributed by atoms with Crippen molar-refractivity contribution in [3.63, 3.8) is 0 Å². The van der Waals surface area contributed by atoms with Crippen molar-refractivity contribution in [3.8, 4) is 5.75 Å².